The van der Waals surface area contributed by atoms with Gasteiger partial charge in [-0.25, -0.2) is 0 Å². The van der Waals surface area contributed by atoms with Crippen LogP contribution in [-0.4, -0.2) is 24.4 Å². The Morgan fingerprint density at radius 2 is 1.87 bits per heavy atom. The summed E-state index contributed by atoms with van der Waals surface area (Å²) in [5.41, 5.74) is -0.251. The maximum atomic E-state index is 10.0. The van der Waals surface area contributed by atoms with E-state index in [0.717, 1.165) is 0 Å². The molecular weight excluding hydrogens is 196 g/mol. The Morgan fingerprint density at radius 3 is 2.33 bits per heavy atom. The van der Waals surface area contributed by atoms with Crippen LogP contribution in [0.4, 0.5) is 0 Å². The third kappa shape index (κ3) is 1.61. The van der Waals surface area contributed by atoms with Crippen LogP contribution in [0, 0.1) is 0 Å². The minimum absolute atomic E-state index is 0.0722. The number of ether oxygens (including phenoxy) is 2. The number of methoxy groups -OCH3 is 2. The minimum Gasteiger partial charge on any atom is -0.508 e. The van der Waals surface area contributed by atoms with Crippen LogP contribution in [-0.2, 0) is 5.60 Å². The fourth-order valence-corrected chi connectivity index (χ4v) is 1.68. The van der Waals surface area contributed by atoms with Gasteiger partial charge in [0.2, 0.25) is 0 Å². The summed E-state index contributed by atoms with van der Waals surface area (Å²) in [6, 6.07) is 2.99. The molecule has 0 amide bonds. The first-order chi connectivity index (χ1) is 7.10. The predicted octanol–water partition coefficient (Wildman–Crippen LogP) is 1.39. The van der Waals surface area contributed by atoms with E-state index in [1.165, 1.54) is 26.4 Å². The average molecular weight is 210 g/mol. The average Bonchev–Trinajstić information content (AvgIpc) is 2.96. The first-order valence-corrected chi connectivity index (χ1v) is 4.78. The van der Waals surface area contributed by atoms with E-state index < -0.39 is 5.60 Å². The van der Waals surface area contributed by atoms with Crippen molar-refractivity contribution in [3.63, 3.8) is 0 Å². The van der Waals surface area contributed by atoms with Crippen LogP contribution in [0.25, 0.3) is 0 Å². The second-order valence-corrected chi connectivity index (χ2v) is 3.76. The summed E-state index contributed by atoms with van der Waals surface area (Å²) in [6.07, 6.45) is 1.38. The highest BCUT2D eigenvalue weighted by Crippen LogP contribution is 2.52. The largest absolute Gasteiger partial charge is 0.508 e. The SMILES string of the molecule is COc1cc(O)cc(C2(O)CC2)c1OC. The first kappa shape index (κ1) is 10.1. The van der Waals surface area contributed by atoms with E-state index >= 15 is 0 Å². The second kappa shape index (κ2) is 3.31. The molecule has 1 aliphatic rings. The maximum absolute atomic E-state index is 10.0. The molecule has 4 heteroatoms. The molecule has 2 rings (SSSR count). The monoisotopic (exact) mass is 210 g/mol. The lowest BCUT2D eigenvalue weighted by Gasteiger charge is -2.16. The fraction of sp³-hybridized carbons (Fsp3) is 0.455. The molecule has 1 aromatic rings. The number of hydrogen-bond acceptors (Lipinski definition) is 4. The minimum atomic E-state index is -0.850. The molecule has 4 nitrogen and oxygen atoms in total. The molecule has 0 radical (unpaired) electrons. The van der Waals surface area contributed by atoms with E-state index in [4.69, 9.17) is 9.47 Å². The third-order valence-electron chi connectivity index (χ3n) is 2.69. The molecule has 0 bridgehead atoms. The van der Waals surface area contributed by atoms with Crippen LogP contribution in [0.3, 0.4) is 0 Å². The predicted molar refractivity (Wildman–Crippen MR) is 54.3 cm³/mol. The summed E-state index contributed by atoms with van der Waals surface area (Å²) >= 11 is 0. The van der Waals surface area contributed by atoms with Crippen molar-refractivity contribution in [1.29, 1.82) is 0 Å². The van der Waals surface area contributed by atoms with Gasteiger partial charge in [-0.3, -0.25) is 0 Å². The molecule has 0 aliphatic heterocycles. The molecule has 1 aliphatic carbocycles. The van der Waals surface area contributed by atoms with Gasteiger partial charge >= 0.3 is 0 Å². The summed E-state index contributed by atoms with van der Waals surface area (Å²) in [5, 5.41) is 19.5. The quantitative estimate of drug-likeness (QED) is 0.791. The van der Waals surface area contributed by atoms with E-state index in [2.05, 4.69) is 0 Å². The van der Waals surface area contributed by atoms with Crippen LogP contribution in [0.5, 0.6) is 17.2 Å². The van der Waals surface area contributed by atoms with Crippen LogP contribution >= 0.6 is 0 Å². The molecule has 0 unspecified atom stereocenters. The van der Waals surface area contributed by atoms with Crippen molar-refractivity contribution in [3.8, 4) is 17.2 Å². The van der Waals surface area contributed by atoms with E-state index in [-0.39, 0.29) is 5.75 Å². The maximum Gasteiger partial charge on any atom is 0.167 e. The molecule has 2 N–H and O–H groups in total. The lowest BCUT2D eigenvalue weighted by molar-refractivity contribution is 0.146. The smallest absolute Gasteiger partial charge is 0.167 e. The zero-order chi connectivity index (χ0) is 11.1. The van der Waals surface area contributed by atoms with Crippen LogP contribution in [0.15, 0.2) is 12.1 Å². The van der Waals surface area contributed by atoms with Crippen molar-refractivity contribution in [1.82, 2.24) is 0 Å². The molecule has 0 spiro atoms. The number of phenols is 1. The van der Waals surface area contributed by atoms with Gasteiger partial charge in [-0.15, -0.1) is 0 Å². The van der Waals surface area contributed by atoms with Gasteiger partial charge in [0.25, 0.3) is 0 Å². The summed E-state index contributed by atoms with van der Waals surface area (Å²) in [6.45, 7) is 0. The van der Waals surface area contributed by atoms with Crippen molar-refractivity contribution >= 4 is 0 Å². The van der Waals surface area contributed by atoms with Crippen molar-refractivity contribution < 1.29 is 19.7 Å². The molecule has 82 valence electrons. The Labute approximate surface area is 88.1 Å². The Bertz CT molecular complexity index is 382. The third-order valence-corrected chi connectivity index (χ3v) is 2.69. The molecule has 0 aromatic heterocycles. The van der Waals surface area contributed by atoms with Gasteiger partial charge in [-0.2, -0.15) is 0 Å². The zero-order valence-electron chi connectivity index (χ0n) is 8.78. The molecule has 15 heavy (non-hydrogen) atoms. The number of aromatic hydroxyl groups is 1. The summed E-state index contributed by atoms with van der Waals surface area (Å²) in [7, 11) is 3.02. The Hall–Kier alpha value is -1.42. The Balaban J connectivity index is 2.56. The van der Waals surface area contributed by atoms with Gasteiger partial charge in [0.05, 0.1) is 19.8 Å². The van der Waals surface area contributed by atoms with Crippen molar-refractivity contribution in [2.75, 3.05) is 14.2 Å². The lowest BCUT2D eigenvalue weighted by atomic mass is 10.1. The first-order valence-electron chi connectivity index (χ1n) is 4.78. The van der Waals surface area contributed by atoms with Gasteiger partial charge in [0.1, 0.15) is 5.75 Å². The van der Waals surface area contributed by atoms with Crippen molar-refractivity contribution in [3.05, 3.63) is 17.7 Å². The number of aliphatic hydroxyl groups is 1. The molecule has 1 fully saturated rings. The Kier molecular flexibility index (Phi) is 2.23. The topological polar surface area (TPSA) is 58.9 Å². The molecule has 1 aromatic carbocycles. The van der Waals surface area contributed by atoms with E-state index in [1.807, 2.05) is 0 Å². The highest BCUT2D eigenvalue weighted by molar-refractivity contribution is 5.54. The standard InChI is InChI=1S/C11H14O4/c1-14-9-6-7(12)5-8(10(9)15-2)11(13)3-4-11/h5-6,12-13H,3-4H2,1-2H3. The van der Waals surface area contributed by atoms with Crippen LogP contribution < -0.4 is 9.47 Å². The molecule has 0 heterocycles. The molecule has 0 saturated heterocycles. The highest BCUT2D eigenvalue weighted by Gasteiger charge is 2.45. The van der Waals surface area contributed by atoms with E-state index in [0.29, 0.717) is 29.9 Å². The van der Waals surface area contributed by atoms with Gasteiger partial charge in [-0.1, -0.05) is 0 Å². The lowest BCUT2D eigenvalue weighted by Crippen LogP contribution is -2.07. The van der Waals surface area contributed by atoms with Gasteiger partial charge in [-0.05, 0) is 18.9 Å². The Morgan fingerprint density at radius 1 is 1.20 bits per heavy atom. The number of phenolic OH excluding ortho intramolecular Hbond substituents is 1. The van der Waals surface area contributed by atoms with Crippen LogP contribution in [0.1, 0.15) is 18.4 Å². The molecule has 1 saturated carbocycles. The normalized spacial score (nSPS) is 17.3. The summed E-state index contributed by atoms with van der Waals surface area (Å²) < 4.78 is 10.3. The molecular formula is C11H14O4. The van der Waals surface area contributed by atoms with Gasteiger partial charge in [0, 0.05) is 11.6 Å². The number of hydrogen-bond donors (Lipinski definition) is 2. The van der Waals surface area contributed by atoms with Crippen molar-refractivity contribution in [2.45, 2.75) is 18.4 Å². The summed E-state index contributed by atoms with van der Waals surface area (Å²) in [5.74, 6) is 1.01. The molecule has 0 atom stereocenters. The van der Waals surface area contributed by atoms with Gasteiger partial charge in [0.15, 0.2) is 11.5 Å². The van der Waals surface area contributed by atoms with Gasteiger partial charge < -0.3 is 19.7 Å². The second-order valence-electron chi connectivity index (χ2n) is 3.76. The fourth-order valence-electron chi connectivity index (χ4n) is 1.68. The van der Waals surface area contributed by atoms with Crippen molar-refractivity contribution in [2.24, 2.45) is 0 Å². The summed E-state index contributed by atoms with van der Waals surface area (Å²) in [4.78, 5) is 0. The highest BCUT2D eigenvalue weighted by atomic mass is 16.5. The number of rotatable bonds is 3. The number of benzene rings is 1. The van der Waals surface area contributed by atoms with E-state index in [9.17, 15) is 10.2 Å². The zero-order valence-corrected chi connectivity index (χ0v) is 8.78. The van der Waals surface area contributed by atoms with Crippen LogP contribution in [0.2, 0.25) is 0 Å². The van der Waals surface area contributed by atoms with E-state index in [1.54, 1.807) is 0 Å².